The van der Waals surface area contributed by atoms with Crippen LogP contribution in [0.4, 0.5) is 0 Å². The first-order valence-electron chi connectivity index (χ1n) is 6.76. The van der Waals surface area contributed by atoms with E-state index < -0.39 is 0 Å². The van der Waals surface area contributed by atoms with Gasteiger partial charge >= 0.3 is 5.97 Å². The number of hydrogen-bond acceptors (Lipinski definition) is 2. The first-order chi connectivity index (χ1) is 7.81. The highest BCUT2D eigenvalue weighted by molar-refractivity contribution is 5.69. The first kappa shape index (κ1) is 15.5. The van der Waals surface area contributed by atoms with E-state index >= 15 is 0 Å². The van der Waals surface area contributed by atoms with E-state index in [4.69, 9.17) is 4.74 Å². The van der Waals surface area contributed by atoms with Crippen LogP contribution in [0.2, 0.25) is 0 Å². The van der Waals surface area contributed by atoms with E-state index in [1.807, 2.05) is 0 Å². The van der Waals surface area contributed by atoms with E-state index in [0.29, 0.717) is 13.0 Å². The number of unbranched alkanes of at least 4 members (excludes halogenated alkanes) is 7. The zero-order valence-corrected chi connectivity index (χ0v) is 10.8. The molecular formula is C14H27O2. The molecule has 16 heavy (non-hydrogen) atoms. The molecule has 0 aromatic heterocycles. The van der Waals surface area contributed by atoms with Gasteiger partial charge in [-0.1, -0.05) is 58.8 Å². The van der Waals surface area contributed by atoms with Crippen molar-refractivity contribution in [2.24, 2.45) is 0 Å². The molecule has 0 aliphatic heterocycles. The molecule has 0 aromatic rings. The van der Waals surface area contributed by atoms with Crippen molar-refractivity contribution in [2.45, 2.75) is 71.1 Å². The molecule has 0 saturated heterocycles. The molecule has 0 N–H and O–H groups in total. The molecule has 0 rings (SSSR count). The second kappa shape index (κ2) is 12.5. The lowest BCUT2D eigenvalue weighted by Gasteiger charge is -2.04. The number of carbonyl (C=O) groups is 1. The van der Waals surface area contributed by atoms with Gasteiger partial charge in [-0.2, -0.15) is 0 Å². The molecule has 0 amide bonds. The SMILES string of the molecule is [CH2]CCCCOC(=O)CCCCCCCC. The van der Waals surface area contributed by atoms with Crippen LogP contribution in [-0.2, 0) is 9.53 Å². The number of ether oxygens (including phenoxy) is 1. The monoisotopic (exact) mass is 227 g/mol. The Balaban J connectivity index is 3.11. The van der Waals surface area contributed by atoms with Gasteiger partial charge in [-0.05, 0) is 12.8 Å². The fourth-order valence-electron chi connectivity index (χ4n) is 1.59. The smallest absolute Gasteiger partial charge is 0.305 e. The molecule has 0 bridgehead atoms. The summed E-state index contributed by atoms with van der Waals surface area (Å²) >= 11 is 0. The summed E-state index contributed by atoms with van der Waals surface area (Å²) in [6, 6.07) is 0. The average Bonchev–Trinajstić information content (AvgIpc) is 2.29. The van der Waals surface area contributed by atoms with Crippen molar-refractivity contribution in [1.29, 1.82) is 0 Å². The lowest BCUT2D eigenvalue weighted by Crippen LogP contribution is -2.05. The highest BCUT2D eigenvalue weighted by Crippen LogP contribution is 2.07. The first-order valence-corrected chi connectivity index (χ1v) is 6.76. The highest BCUT2D eigenvalue weighted by atomic mass is 16.5. The van der Waals surface area contributed by atoms with Crippen molar-refractivity contribution >= 4 is 5.97 Å². The molecule has 95 valence electrons. The van der Waals surface area contributed by atoms with Crippen LogP contribution in [0.15, 0.2) is 0 Å². The number of hydrogen-bond donors (Lipinski definition) is 0. The quantitative estimate of drug-likeness (QED) is 0.389. The zero-order chi connectivity index (χ0) is 12.1. The van der Waals surface area contributed by atoms with Gasteiger partial charge in [-0.15, -0.1) is 0 Å². The summed E-state index contributed by atoms with van der Waals surface area (Å²) < 4.78 is 5.11. The highest BCUT2D eigenvalue weighted by Gasteiger charge is 2.01. The minimum absolute atomic E-state index is 0.0282. The van der Waals surface area contributed by atoms with Crippen LogP contribution < -0.4 is 0 Å². The maximum absolute atomic E-state index is 11.3. The molecule has 0 atom stereocenters. The van der Waals surface area contributed by atoms with E-state index in [1.54, 1.807) is 0 Å². The minimum Gasteiger partial charge on any atom is -0.466 e. The van der Waals surface area contributed by atoms with Gasteiger partial charge in [0.2, 0.25) is 0 Å². The molecule has 2 nitrogen and oxygen atoms in total. The van der Waals surface area contributed by atoms with Crippen LogP contribution in [0.25, 0.3) is 0 Å². The standard InChI is InChI=1S/C14H27O2/c1-3-5-7-8-9-10-12-14(15)16-13-11-6-4-2/h2-13H2,1H3. The van der Waals surface area contributed by atoms with Crippen molar-refractivity contribution < 1.29 is 9.53 Å². The molecule has 2 heteroatoms. The van der Waals surface area contributed by atoms with E-state index in [9.17, 15) is 4.79 Å². The van der Waals surface area contributed by atoms with Gasteiger partial charge in [0.1, 0.15) is 0 Å². The summed E-state index contributed by atoms with van der Waals surface area (Å²) in [5, 5.41) is 0. The maximum atomic E-state index is 11.3. The summed E-state index contributed by atoms with van der Waals surface area (Å²) in [5.41, 5.74) is 0. The second-order valence-corrected chi connectivity index (χ2v) is 4.30. The Morgan fingerprint density at radius 1 is 1.00 bits per heavy atom. The molecule has 0 unspecified atom stereocenters. The summed E-state index contributed by atoms with van der Waals surface area (Å²) in [4.78, 5) is 11.3. The molecule has 0 aromatic carbocycles. The number of carbonyl (C=O) groups excluding carboxylic acids is 1. The van der Waals surface area contributed by atoms with Crippen LogP contribution in [0.5, 0.6) is 0 Å². The lowest BCUT2D eigenvalue weighted by atomic mass is 10.1. The fourth-order valence-corrected chi connectivity index (χ4v) is 1.59. The van der Waals surface area contributed by atoms with Gasteiger partial charge in [0.25, 0.3) is 0 Å². The second-order valence-electron chi connectivity index (χ2n) is 4.30. The van der Waals surface area contributed by atoms with E-state index in [-0.39, 0.29) is 5.97 Å². The summed E-state index contributed by atoms with van der Waals surface area (Å²) in [6.07, 6.45) is 10.8. The minimum atomic E-state index is -0.0282. The Morgan fingerprint density at radius 3 is 2.38 bits per heavy atom. The Labute approximate surface area is 101 Å². The van der Waals surface area contributed by atoms with Crippen molar-refractivity contribution in [3.63, 3.8) is 0 Å². The number of rotatable bonds is 11. The Kier molecular flexibility index (Phi) is 12.1. The van der Waals surface area contributed by atoms with Gasteiger partial charge in [0.15, 0.2) is 0 Å². The third-order valence-electron chi connectivity index (χ3n) is 2.64. The summed E-state index contributed by atoms with van der Waals surface area (Å²) in [7, 11) is 0. The van der Waals surface area contributed by atoms with Crippen LogP contribution in [0.3, 0.4) is 0 Å². The predicted octanol–water partition coefficient (Wildman–Crippen LogP) is 4.28. The van der Waals surface area contributed by atoms with Crippen LogP contribution in [-0.4, -0.2) is 12.6 Å². The summed E-state index contributed by atoms with van der Waals surface area (Å²) in [5.74, 6) is -0.0282. The Morgan fingerprint density at radius 2 is 1.69 bits per heavy atom. The fraction of sp³-hybridized carbons (Fsp3) is 0.857. The summed E-state index contributed by atoms with van der Waals surface area (Å²) in [6.45, 7) is 6.53. The van der Waals surface area contributed by atoms with E-state index in [2.05, 4.69) is 13.8 Å². The van der Waals surface area contributed by atoms with Crippen molar-refractivity contribution in [3.05, 3.63) is 6.92 Å². The Bertz CT molecular complexity index is 155. The van der Waals surface area contributed by atoms with E-state index in [0.717, 1.165) is 32.1 Å². The van der Waals surface area contributed by atoms with Gasteiger partial charge in [-0.3, -0.25) is 4.79 Å². The van der Waals surface area contributed by atoms with Crippen molar-refractivity contribution in [3.8, 4) is 0 Å². The molecule has 0 saturated carbocycles. The Hall–Kier alpha value is -0.530. The van der Waals surface area contributed by atoms with E-state index in [1.165, 1.54) is 25.7 Å². The van der Waals surface area contributed by atoms with Crippen molar-refractivity contribution in [1.82, 2.24) is 0 Å². The topological polar surface area (TPSA) is 26.3 Å². The van der Waals surface area contributed by atoms with Gasteiger partial charge in [0.05, 0.1) is 6.61 Å². The van der Waals surface area contributed by atoms with Gasteiger partial charge < -0.3 is 4.74 Å². The maximum Gasteiger partial charge on any atom is 0.305 e. The molecular weight excluding hydrogens is 200 g/mol. The third kappa shape index (κ3) is 11.5. The largest absolute Gasteiger partial charge is 0.466 e. The normalized spacial score (nSPS) is 10.4. The number of esters is 1. The third-order valence-corrected chi connectivity index (χ3v) is 2.64. The van der Waals surface area contributed by atoms with Crippen LogP contribution >= 0.6 is 0 Å². The molecule has 0 aliphatic rings. The van der Waals surface area contributed by atoms with Gasteiger partial charge in [-0.25, -0.2) is 0 Å². The van der Waals surface area contributed by atoms with Crippen LogP contribution in [0.1, 0.15) is 71.1 Å². The molecule has 0 heterocycles. The molecule has 0 spiro atoms. The predicted molar refractivity (Wildman–Crippen MR) is 68.2 cm³/mol. The average molecular weight is 227 g/mol. The molecule has 1 radical (unpaired) electrons. The zero-order valence-electron chi connectivity index (χ0n) is 10.8. The lowest BCUT2D eigenvalue weighted by molar-refractivity contribution is -0.143. The van der Waals surface area contributed by atoms with Crippen molar-refractivity contribution in [2.75, 3.05) is 6.61 Å². The van der Waals surface area contributed by atoms with Crippen LogP contribution in [0, 0.1) is 6.92 Å². The van der Waals surface area contributed by atoms with Gasteiger partial charge in [0, 0.05) is 6.42 Å². The molecule has 0 fully saturated rings. The molecule has 0 aliphatic carbocycles.